The van der Waals surface area contributed by atoms with E-state index in [-0.39, 0.29) is 29.8 Å². The van der Waals surface area contributed by atoms with E-state index in [1.54, 1.807) is 6.07 Å². The normalized spacial score (nSPS) is 21.2. The van der Waals surface area contributed by atoms with Gasteiger partial charge in [0.25, 0.3) is 0 Å². The lowest BCUT2D eigenvalue weighted by molar-refractivity contribution is 0.0195. The van der Waals surface area contributed by atoms with E-state index in [0.717, 1.165) is 62.8 Å². The van der Waals surface area contributed by atoms with Gasteiger partial charge in [0.05, 0.1) is 13.2 Å². The Bertz CT molecular complexity index is 628. The Morgan fingerprint density at radius 1 is 1.33 bits per heavy atom. The van der Waals surface area contributed by atoms with E-state index in [2.05, 4.69) is 38.0 Å². The second kappa shape index (κ2) is 11.5. The zero-order valence-corrected chi connectivity index (χ0v) is 19.7. The Morgan fingerprint density at radius 3 is 2.85 bits per heavy atom. The zero-order valence-electron chi connectivity index (χ0n) is 15.8. The maximum absolute atomic E-state index is 13.9. The van der Waals surface area contributed by atoms with Gasteiger partial charge in [-0.25, -0.2) is 4.39 Å². The zero-order chi connectivity index (χ0) is 18.4. The molecule has 0 bridgehead atoms. The average molecular weight is 555 g/mol. The van der Waals surface area contributed by atoms with Crippen LogP contribution in [-0.4, -0.2) is 74.3 Å². The minimum Gasteiger partial charge on any atom is -0.379 e. The topological polar surface area (TPSA) is 40.1 Å². The molecule has 27 heavy (non-hydrogen) atoms. The number of nitrogens with zero attached hydrogens (tertiary/aromatic N) is 3. The Morgan fingerprint density at radius 2 is 2.11 bits per heavy atom. The Kier molecular flexibility index (Phi) is 9.75. The van der Waals surface area contributed by atoms with Gasteiger partial charge in [-0.3, -0.25) is 9.89 Å². The van der Waals surface area contributed by atoms with Crippen molar-refractivity contribution < 1.29 is 9.13 Å². The van der Waals surface area contributed by atoms with E-state index < -0.39 is 0 Å². The van der Waals surface area contributed by atoms with Crippen molar-refractivity contribution in [3.05, 3.63) is 34.1 Å². The van der Waals surface area contributed by atoms with Crippen molar-refractivity contribution >= 4 is 45.9 Å². The molecule has 1 aromatic carbocycles. The number of hydrogen-bond donors (Lipinski definition) is 1. The molecule has 0 amide bonds. The van der Waals surface area contributed by atoms with Crippen LogP contribution in [0.25, 0.3) is 0 Å². The molecule has 2 aliphatic heterocycles. The molecule has 1 N–H and O–H groups in total. The molecule has 152 valence electrons. The number of guanidine groups is 1. The lowest BCUT2D eigenvalue weighted by atomic mass is 10.1. The standard InChI is InChI=1S/C19H28BrFN4O.HI/c1-2-22-19(23-7-5-15-13-16(20)3-4-18(15)21)25-8-6-17(14-25)24-9-11-26-12-10-24;/h3-4,13,17H,2,5-12,14H2,1H3,(H,22,23);1H. The third-order valence-electron chi connectivity index (χ3n) is 5.01. The van der Waals surface area contributed by atoms with Crippen molar-refractivity contribution in [1.82, 2.24) is 15.1 Å². The van der Waals surface area contributed by atoms with Gasteiger partial charge in [-0.2, -0.15) is 0 Å². The highest BCUT2D eigenvalue weighted by Crippen LogP contribution is 2.18. The second-order valence-corrected chi connectivity index (χ2v) is 7.67. The smallest absolute Gasteiger partial charge is 0.193 e. The molecule has 0 saturated carbocycles. The number of aliphatic imine (C=N–C) groups is 1. The van der Waals surface area contributed by atoms with E-state index >= 15 is 0 Å². The van der Waals surface area contributed by atoms with Gasteiger partial charge in [-0.15, -0.1) is 24.0 Å². The van der Waals surface area contributed by atoms with Crippen LogP contribution >= 0.6 is 39.9 Å². The number of likely N-dealkylation sites (tertiary alicyclic amines) is 1. The first-order valence-corrected chi connectivity index (χ1v) is 10.3. The minimum atomic E-state index is -0.165. The van der Waals surface area contributed by atoms with Crippen LogP contribution in [0.4, 0.5) is 4.39 Å². The molecule has 2 heterocycles. The van der Waals surface area contributed by atoms with Gasteiger partial charge in [0, 0.05) is 49.8 Å². The fourth-order valence-electron chi connectivity index (χ4n) is 3.62. The number of benzene rings is 1. The Balaban J connectivity index is 0.00000261. The van der Waals surface area contributed by atoms with Crippen LogP contribution in [0, 0.1) is 5.82 Å². The van der Waals surface area contributed by atoms with E-state index in [1.807, 2.05) is 6.07 Å². The molecule has 2 fully saturated rings. The van der Waals surface area contributed by atoms with E-state index in [0.29, 0.717) is 24.6 Å². The monoisotopic (exact) mass is 554 g/mol. The molecular weight excluding hydrogens is 526 g/mol. The molecule has 0 spiro atoms. The van der Waals surface area contributed by atoms with Gasteiger partial charge in [0.15, 0.2) is 5.96 Å². The van der Waals surface area contributed by atoms with Crippen molar-refractivity contribution in [3.63, 3.8) is 0 Å². The molecule has 0 aromatic heterocycles. The Labute approximate surface area is 186 Å². The highest BCUT2D eigenvalue weighted by atomic mass is 127. The summed E-state index contributed by atoms with van der Waals surface area (Å²) >= 11 is 3.40. The number of hydrogen-bond acceptors (Lipinski definition) is 3. The van der Waals surface area contributed by atoms with Crippen LogP contribution in [-0.2, 0) is 11.2 Å². The SMILES string of the molecule is CCNC(=NCCc1cc(Br)ccc1F)N1CCC(N2CCOCC2)C1.I. The molecule has 1 aromatic rings. The summed E-state index contributed by atoms with van der Waals surface area (Å²) in [6.07, 6.45) is 1.76. The minimum absolute atomic E-state index is 0. The Hall–Kier alpha value is -0.450. The van der Waals surface area contributed by atoms with Crippen LogP contribution in [0.2, 0.25) is 0 Å². The maximum Gasteiger partial charge on any atom is 0.193 e. The fourth-order valence-corrected chi connectivity index (χ4v) is 4.03. The van der Waals surface area contributed by atoms with Crippen molar-refractivity contribution in [2.75, 3.05) is 52.5 Å². The van der Waals surface area contributed by atoms with Crippen LogP contribution in [0.1, 0.15) is 18.9 Å². The molecule has 8 heteroatoms. The first-order chi connectivity index (χ1) is 12.7. The van der Waals surface area contributed by atoms with Crippen molar-refractivity contribution in [3.8, 4) is 0 Å². The lowest BCUT2D eigenvalue weighted by Gasteiger charge is -2.32. The summed E-state index contributed by atoms with van der Waals surface area (Å²) in [6.45, 7) is 9.22. The third-order valence-corrected chi connectivity index (χ3v) is 5.50. The maximum atomic E-state index is 13.9. The molecule has 0 aliphatic carbocycles. The molecule has 3 rings (SSSR count). The van der Waals surface area contributed by atoms with Crippen LogP contribution in [0.5, 0.6) is 0 Å². The summed E-state index contributed by atoms with van der Waals surface area (Å²) in [5, 5.41) is 3.39. The van der Waals surface area contributed by atoms with Crippen LogP contribution in [0.15, 0.2) is 27.7 Å². The van der Waals surface area contributed by atoms with E-state index in [9.17, 15) is 4.39 Å². The molecule has 1 atom stereocenters. The summed E-state index contributed by atoms with van der Waals surface area (Å²) in [5.74, 6) is 0.778. The largest absolute Gasteiger partial charge is 0.379 e. The number of rotatable bonds is 5. The quantitative estimate of drug-likeness (QED) is 0.345. The van der Waals surface area contributed by atoms with Crippen LogP contribution < -0.4 is 5.32 Å². The van der Waals surface area contributed by atoms with Crippen molar-refractivity contribution in [2.24, 2.45) is 4.99 Å². The highest BCUT2D eigenvalue weighted by Gasteiger charge is 2.30. The number of halogens is 3. The molecule has 1 unspecified atom stereocenters. The predicted octanol–water partition coefficient (Wildman–Crippen LogP) is 3.12. The molecule has 2 aliphatic rings. The number of nitrogens with one attached hydrogen (secondary N) is 1. The van der Waals surface area contributed by atoms with Gasteiger partial charge in [-0.1, -0.05) is 15.9 Å². The number of ether oxygens (including phenoxy) is 1. The number of morpholine rings is 1. The van der Waals surface area contributed by atoms with E-state index in [1.165, 1.54) is 6.07 Å². The summed E-state index contributed by atoms with van der Waals surface area (Å²) in [4.78, 5) is 9.61. The third kappa shape index (κ3) is 6.54. The first kappa shape index (κ1) is 22.8. The second-order valence-electron chi connectivity index (χ2n) is 6.76. The van der Waals surface area contributed by atoms with Crippen molar-refractivity contribution in [2.45, 2.75) is 25.8 Å². The molecular formula is C19H29BrFIN4O. The average Bonchev–Trinajstić information content (AvgIpc) is 3.14. The van der Waals surface area contributed by atoms with Gasteiger partial charge < -0.3 is 15.0 Å². The molecule has 5 nitrogen and oxygen atoms in total. The summed E-state index contributed by atoms with van der Waals surface area (Å²) in [6, 6.07) is 5.64. The lowest BCUT2D eigenvalue weighted by Crippen LogP contribution is -2.46. The first-order valence-electron chi connectivity index (χ1n) is 9.46. The fraction of sp³-hybridized carbons (Fsp3) is 0.632. The van der Waals surface area contributed by atoms with Gasteiger partial charge in [0.1, 0.15) is 5.82 Å². The van der Waals surface area contributed by atoms with E-state index in [4.69, 9.17) is 9.73 Å². The molecule has 2 saturated heterocycles. The highest BCUT2D eigenvalue weighted by molar-refractivity contribution is 14.0. The summed E-state index contributed by atoms with van der Waals surface area (Å²) in [5.41, 5.74) is 0.701. The van der Waals surface area contributed by atoms with Crippen LogP contribution in [0.3, 0.4) is 0 Å². The summed E-state index contributed by atoms with van der Waals surface area (Å²) in [7, 11) is 0. The van der Waals surface area contributed by atoms with Gasteiger partial charge >= 0.3 is 0 Å². The van der Waals surface area contributed by atoms with Gasteiger partial charge in [-0.05, 0) is 43.5 Å². The van der Waals surface area contributed by atoms with Gasteiger partial charge in [0.2, 0.25) is 0 Å². The predicted molar refractivity (Wildman–Crippen MR) is 122 cm³/mol. The van der Waals surface area contributed by atoms with Crippen molar-refractivity contribution in [1.29, 1.82) is 0 Å². The summed E-state index contributed by atoms with van der Waals surface area (Å²) < 4.78 is 20.2. The molecule has 0 radical (unpaired) electrons.